The van der Waals surface area contributed by atoms with Crippen molar-refractivity contribution >= 4 is 5.91 Å². The molecule has 0 aromatic heterocycles. The normalized spacial score (nSPS) is 15.5. The molecule has 1 saturated heterocycles. The predicted molar refractivity (Wildman–Crippen MR) is 119 cm³/mol. The summed E-state index contributed by atoms with van der Waals surface area (Å²) in [6.07, 6.45) is 0. The van der Waals surface area contributed by atoms with Gasteiger partial charge in [0.1, 0.15) is 5.82 Å². The number of halogens is 1. The van der Waals surface area contributed by atoms with Crippen LogP contribution in [0.25, 0.3) is 0 Å². The van der Waals surface area contributed by atoms with E-state index >= 15 is 0 Å². The Hall–Kier alpha value is -3.02. The lowest BCUT2D eigenvalue weighted by molar-refractivity contribution is -0.122. The first-order valence-corrected chi connectivity index (χ1v) is 10.7. The van der Waals surface area contributed by atoms with E-state index in [1.54, 1.807) is 12.1 Å². The molecule has 160 valence electrons. The molecule has 0 saturated carbocycles. The number of carbonyl (C=O) groups is 1. The van der Waals surface area contributed by atoms with Crippen LogP contribution in [-0.4, -0.2) is 43.7 Å². The van der Waals surface area contributed by atoms with E-state index in [1.807, 2.05) is 60.7 Å². The first-order chi connectivity index (χ1) is 15.2. The Morgan fingerprint density at radius 2 is 1.39 bits per heavy atom. The fourth-order valence-corrected chi connectivity index (χ4v) is 4.12. The lowest BCUT2D eigenvalue weighted by Crippen LogP contribution is -2.44. The highest BCUT2D eigenvalue weighted by Gasteiger charge is 2.26. The van der Waals surface area contributed by atoms with E-state index in [0.29, 0.717) is 19.8 Å². The molecule has 5 heteroatoms. The minimum Gasteiger partial charge on any atom is -0.379 e. The zero-order valence-corrected chi connectivity index (χ0v) is 17.4. The summed E-state index contributed by atoms with van der Waals surface area (Å²) in [7, 11) is 0. The molecular formula is C26H27FN2O2. The first-order valence-electron chi connectivity index (χ1n) is 10.7. The molecule has 3 aromatic rings. The molecule has 0 unspecified atom stereocenters. The number of nitrogens with one attached hydrogen (secondary N) is 1. The van der Waals surface area contributed by atoms with Crippen molar-refractivity contribution in [1.29, 1.82) is 0 Å². The minimum atomic E-state index is -0.388. The van der Waals surface area contributed by atoms with Gasteiger partial charge in [-0.15, -0.1) is 0 Å². The Morgan fingerprint density at radius 1 is 0.839 bits per heavy atom. The predicted octanol–water partition coefficient (Wildman–Crippen LogP) is 4.15. The first kappa shape index (κ1) is 21.2. The molecule has 1 heterocycles. The standard InChI is InChI=1S/C26H27FN2O2/c27-23-13-11-20(12-14-23)24(29-15-17-31-18-16-29)19-28-26(30)25(21-7-3-1-4-8-21)22-9-5-2-6-10-22/h1-14,24-25H,15-19H2,(H,28,30)/t24-/m1/s1. The van der Waals surface area contributed by atoms with E-state index in [2.05, 4.69) is 10.2 Å². The second-order valence-corrected chi connectivity index (χ2v) is 7.72. The van der Waals surface area contributed by atoms with E-state index in [1.165, 1.54) is 12.1 Å². The van der Waals surface area contributed by atoms with E-state index < -0.39 is 0 Å². The van der Waals surface area contributed by atoms with Gasteiger partial charge in [-0.3, -0.25) is 9.69 Å². The highest BCUT2D eigenvalue weighted by Crippen LogP contribution is 2.26. The molecule has 1 aliphatic rings. The third kappa shape index (κ3) is 5.37. The highest BCUT2D eigenvalue weighted by atomic mass is 19.1. The van der Waals surface area contributed by atoms with Gasteiger partial charge in [0.25, 0.3) is 0 Å². The second-order valence-electron chi connectivity index (χ2n) is 7.72. The van der Waals surface area contributed by atoms with Gasteiger partial charge in [-0.1, -0.05) is 72.8 Å². The molecular weight excluding hydrogens is 391 g/mol. The maximum Gasteiger partial charge on any atom is 0.232 e. The fourth-order valence-electron chi connectivity index (χ4n) is 4.12. The van der Waals surface area contributed by atoms with Gasteiger partial charge in [0.05, 0.1) is 25.2 Å². The Kier molecular flexibility index (Phi) is 7.07. The molecule has 0 radical (unpaired) electrons. The molecule has 1 fully saturated rings. The smallest absolute Gasteiger partial charge is 0.232 e. The zero-order valence-electron chi connectivity index (χ0n) is 17.4. The number of hydrogen-bond acceptors (Lipinski definition) is 3. The van der Waals surface area contributed by atoms with Crippen molar-refractivity contribution in [2.75, 3.05) is 32.8 Å². The molecule has 0 bridgehead atoms. The van der Waals surface area contributed by atoms with Crippen LogP contribution < -0.4 is 5.32 Å². The molecule has 4 nitrogen and oxygen atoms in total. The third-order valence-electron chi connectivity index (χ3n) is 5.74. The van der Waals surface area contributed by atoms with Crippen molar-refractivity contribution < 1.29 is 13.9 Å². The van der Waals surface area contributed by atoms with Gasteiger partial charge in [-0.25, -0.2) is 4.39 Å². The average Bonchev–Trinajstić information content (AvgIpc) is 2.83. The van der Waals surface area contributed by atoms with E-state index in [-0.39, 0.29) is 23.7 Å². The number of benzene rings is 3. The molecule has 1 aliphatic heterocycles. The quantitative estimate of drug-likeness (QED) is 0.627. The number of morpholine rings is 1. The maximum absolute atomic E-state index is 13.5. The van der Waals surface area contributed by atoms with Gasteiger partial charge in [-0.2, -0.15) is 0 Å². The number of carbonyl (C=O) groups excluding carboxylic acids is 1. The van der Waals surface area contributed by atoms with Crippen molar-refractivity contribution in [1.82, 2.24) is 10.2 Å². The van der Waals surface area contributed by atoms with E-state index in [4.69, 9.17) is 4.74 Å². The molecule has 1 amide bonds. The summed E-state index contributed by atoms with van der Waals surface area (Å²) in [5.74, 6) is -0.694. The van der Waals surface area contributed by atoms with Crippen molar-refractivity contribution in [2.24, 2.45) is 0 Å². The topological polar surface area (TPSA) is 41.6 Å². The lowest BCUT2D eigenvalue weighted by Gasteiger charge is -2.35. The Bertz CT molecular complexity index is 918. The van der Waals surface area contributed by atoms with Gasteiger partial charge in [-0.05, 0) is 28.8 Å². The Balaban J connectivity index is 1.55. The van der Waals surface area contributed by atoms with Crippen LogP contribution in [0.5, 0.6) is 0 Å². The summed E-state index contributed by atoms with van der Waals surface area (Å²) in [6.45, 7) is 3.31. The van der Waals surface area contributed by atoms with E-state index in [0.717, 1.165) is 29.8 Å². The van der Waals surface area contributed by atoms with Crippen LogP contribution in [0.15, 0.2) is 84.9 Å². The summed E-state index contributed by atoms with van der Waals surface area (Å²) in [4.78, 5) is 15.7. The molecule has 3 aromatic carbocycles. The van der Waals surface area contributed by atoms with Crippen LogP contribution in [-0.2, 0) is 9.53 Å². The fraction of sp³-hybridized carbons (Fsp3) is 0.269. The van der Waals surface area contributed by atoms with Crippen LogP contribution in [0.1, 0.15) is 28.7 Å². The van der Waals surface area contributed by atoms with Crippen molar-refractivity contribution in [3.05, 3.63) is 107 Å². The monoisotopic (exact) mass is 418 g/mol. The summed E-state index contributed by atoms with van der Waals surface area (Å²) in [6, 6.07) is 26.1. The molecule has 4 rings (SSSR count). The highest BCUT2D eigenvalue weighted by molar-refractivity contribution is 5.87. The Labute approximate surface area is 182 Å². The number of nitrogens with zero attached hydrogens (tertiary/aromatic N) is 1. The number of rotatable bonds is 7. The van der Waals surface area contributed by atoms with Crippen LogP contribution in [0.2, 0.25) is 0 Å². The molecule has 0 spiro atoms. The van der Waals surface area contributed by atoms with Gasteiger partial charge in [0, 0.05) is 19.6 Å². The van der Waals surface area contributed by atoms with Crippen LogP contribution >= 0.6 is 0 Å². The SMILES string of the molecule is O=C(NC[C@H](c1ccc(F)cc1)N1CCOCC1)C(c1ccccc1)c1ccccc1. The largest absolute Gasteiger partial charge is 0.379 e. The summed E-state index contributed by atoms with van der Waals surface area (Å²) in [5, 5.41) is 3.18. The molecule has 1 atom stereocenters. The molecule has 31 heavy (non-hydrogen) atoms. The van der Waals surface area contributed by atoms with Gasteiger partial charge < -0.3 is 10.1 Å². The summed E-state index contributed by atoms with van der Waals surface area (Å²) in [5.41, 5.74) is 2.89. The minimum absolute atomic E-state index is 0.0411. The third-order valence-corrected chi connectivity index (χ3v) is 5.74. The zero-order chi connectivity index (χ0) is 21.5. The van der Waals surface area contributed by atoms with Gasteiger partial charge in [0.2, 0.25) is 5.91 Å². The van der Waals surface area contributed by atoms with Crippen molar-refractivity contribution in [3.8, 4) is 0 Å². The summed E-state index contributed by atoms with van der Waals surface area (Å²) >= 11 is 0. The second kappa shape index (κ2) is 10.3. The molecule has 1 N–H and O–H groups in total. The van der Waals surface area contributed by atoms with Crippen LogP contribution in [0.3, 0.4) is 0 Å². The van der Waals surface area contributed by atoms with Crippen LogP contribution in [0, 0.1) is 5.82 Å². The van der Waals surface area contributed by atoms with Crippen LogP contribution in [0.4, 0.5) is 4.39 Å². The molecule has 0 aliphatic carbocycles. The average molecular weight is 419 g/mol. The van der Waals surface area contributed by atoms with Gasteiger partial charge >= 0.3 is 0 Å². The van der Waals surface area contributed by atoms with Crippen molar-refractivity contribution in [2.45, 2.75) is 12.0 Å². The van der Waals surface area contributed by atoms with E-state index in [9.17, 15) is 9.18 Å². The van der Waals surface area contributed by atoms with Crippen molar-refractivity contribution in [3.63, 3.8) is 0 Å². The Morgan fingerprint density at radius 3 is 1.94 bits per heavy atom. The summed E-state index contributed by atoms with van der Waals surface area (Å²) < 4.78 is 19.0. The lowest BCUT2D eigenvalue weighted by atomic mass is 9.90. The van der Waals surface area contributed by atoms with Gasteiger partial charge in [0.15, 0.2) is 0 Å². The number of hydrogen-bond donors (Lipinski definition) is 1. The number of amides is 1. The maximum atomic E-state index is 13.5. The number of ether oxygens (including phenoxy) is 1.